The number of nitrogens with zero attached hydrogens (tertiary/aromatic N) is 2. The zero-order chi connectivity index (χ0) is 10.7. The van der Waals surface area contributed by atoms with Crippen molar-refractivity contribution >= 4 is 28.5 Å². The minimum atomic E-state index is 0.531. The van der Waals surface area contributed by atoms with Gasteiger partial charge in [-0.3, -0.25) is 5.41 Å². The van der Waals surface area contributed by atoms with Crippen molar-refractivity contribution < 1.29 is 0 Å². The van der Waals surface area contributed by atoms with Crippen LogP contribution in [-0.4, -0.2) is 33.9 Å². The summed E-state index contributed by atoms with van der Waals surface area (Å²) in [6, 6.07) is 3.79. The second-order valence-corrected chi connectivity index (χ2v) is 4.85. The summed E-state index contributed by atoms with van der Waals surface area (Å²) < 4.78 is 0. The summed E-state index contributed by atoms with van der Waals surface area (Å²) in [6.07, 6.45) is 2.72. The Balaban J connectivity index is 1.87. The molecule has 0 saturated carbocycles. The molecule has 80 valence electrons. The van der Waals surface area contributed by atoms with Crippen LogP contribution in [0.15, 0.2) is 18.3 Å². The highest BCUT2D eigenvalue weighted by Gasteiger charge is 2.16. The fourth-order valence-corrected chi connectivity index (χ4v) is 2.46. The van der Waals surface area contributed by atoms with Crippen LogP contribution >= 0.6 is 23.4 Å². The Morgan fingerprint density at radius 2 is 2.40 bits per heavy atom. The van der Waals surface area contributed by atoms with Gasteiger partial charge in [-0.1, -0.05) is 29.4 Å². The first-order chi connectivity index (χ1) is 7.25. The first kappa shape index (κ1) is 10.8. The molecule has 1 aromatic heterocycles. The summed E-state index contributed by atoms with van der Waals surface area (Å²) in [6.45, 7) is 1.89. The molecule has 1 saturated heterocycles. The number of pyridine rings is 1. The topological polar surface area (TPSA) is 40.0 Å². The van der Waals surface area contributed by atoms with Crippen LogP contribution in [0.4, 0.5) is 0 Å². The fraction of sp³-hybridized carbons (Fsp3) is 0.400. The largest absolute Gasteiger partial charge is 0.350 e. The molecule has 1 fully saturated rings. The molecule has 0 aromatic carbocycles. The van der Waals surface area contributed by atoms with E-state index in [2.05, 4.69) is 9.88 Å². The van der Waals surface area contributed by atoms with Gasteiger partial charge < -0.3 is 4.90 Å². The number of amidine groups is 1. The van der Waals surface area contributed by atoms with Gasteiger partial charge in [-0.2, -0.15) is 0 Å². The first-order valence-corrected chi connectivity index (χ1v) is 6.19. The molecule has 0 atom stereocenters. The Morgan fingerprint density at radius 1 is 1.53 bits per heavy atom. The van der Waals surface area contributed by atoms with Crippen molar-refractivity contribution in [1.82, 2.24) is 9.88 Å². The van der Waals surface area contributed by atoms with Gasteiger partial charge in [0.25, 0.3) is 0 Å². The summed E-state index contributed by atoms with van der Waals surface area (Å²) in [4.78, 5) is 6.13. The Kier molecular flexibility index (Phi) is 3.49. The lowest BCUT2D eigenvalue weighted by Gasteiger charge is -2.15. The lowest BCUT2D eigenvalue weighted by Crippen LogP contribution is -2.26. The van der Waals surface area contributed by atoms with E-state index in [9.17, 15) is 0 Å². The highest BCUT2D eigenvalue weighted by atomic mass is 35.5. The van der Waals surface area contributed by atoms with Gasteiger partial charge in [-0.25, -0.2) is 4.98 Å². The van der Waals surface area contributed by atoms with Gasteiger partial charge in [0, 0.05) is 25.0 Å². The number of hydrogen-bond acceptors (Lipinski definition) is 3. The van der Waals surface area contributed by atoms with Gasteiger partial charge in [-0.15, -0.1) is 0 Å². The van der Waals surface area contributed by atoms with E-state index in [-0.39, 0.29) is 0 Å². The van der Waals surface area contributed by atoms with E-state index in [4.69, 9.17) is 17.0 Å². The number of thioether (sulfide) groups is 1. The molecule has 1 aliphatic heterocycles. The van der Waals surface area contributed by atoms with Crippen LogP contribution in [0.5, 0.6) is 0 Å². The van der Waals surface area contributed by atoms with Crippen LogP contribution in [0.3, 0.4) is 0 Å². The maximum atomic E-state index is 7.66. The quantitative estimate of drug-likeness (QED) is 0.826. The van der Waals surface area contributed by atoms with Gasteiger partial charge in [0.05, 0.1) is 0 Å². The van der Waals surface area contributed by atoms with Gasteiger partial charge >= 0.3 is 0 Å². The van der Waals surface area contributed by atoms with Crippen LogP contribution in [0.1, 0.15) is 5.56 Å². The third kappa shape index (κ3) is 2.86. The predicted octanol–water partition coefficient (Wildman–Crippen LogP) is 2.26. The number of rotatable bonds is 3. The third-order valence-corrected chi connectivity index (χ3v) is 3.49. The smallest absolute Gasteiger partial charge is 0.156 e. The monoisotopic (exact) mass is 241 g/mol. The zero-order valence-electron chi connectivity index (χ0n) is 8.24. The molecule has 5 heteroatoms. The van der Waals surface area contributed by atoms with E-state index in [0.717, 1.165) is 25.3 Å². The van der Waals surface area contributed by atoms with Crippen LogP contribution in [0, 0.1) is 5.41 Å². The van der Waals surface area contributed by atoms with E-state index < -0.39 is 0 Å². The second kappa shape index (κ2) is 4.86. The molecule has 0 unspecified atom stereocenters. The third-order valence-electron chi connectivity index (χ3n) is 2.35. The molecule has 0 radical (unpaired) electrons. The van der Waals surface area contributed by atoms with Crippen molar-refractivity contribution in [3.05, 3.63) is 29.0 Å². The van der Waals surface area contributed by atoms with E-state index in [1.807, 2.05) is 6.07 Å². The average Bonchev–Trinajstić information content (AvgIpc) is 2.63. The number of nitrogens with one attached hydrogen (secondary N) is 1. The molecular weight excluding hydrogens is 230 g/mol. The van der Waals surface area contributed by atoms with Crippen molar-refractivity contribution in [1.29, 1.82) is 5.41 Å². The number of halogens is 1. The molecule has 2 rings (SSSR count). The fourth-order valence-electron chi connectivity index (χ4n) is 1.48. The van der Waals surface area contributed by atoms with Gasteiger partial charge in [0.1, 0.15) is 5.15 Å². The summed E-state index contributed by atoms with van der Waals surface area (Å²) in [5.41, 5.74) is 1.17. The molecule has 1 aromatic rings. The van der Waals surface area contributed by atoms with Crippen molar-refractivity contribution in [2.24, 2.45) is 0 Å². The Labute approximate surface area is 98.3 Å². The first-order valence-electron chi connectivity index (χ1n) is 4.82. The normalized spacial score (nSPS) is 16.1. The molecule has 2 heterocycles. The van der Waals surface area contributed by atoms with E-state index in [1.54, 1.807) is 24.0 Å². The number of aromatic nitrogens is 1. The molecule has 15 heavy (non-hydrogen) atoms. The second-order valence-electron chi connectivity index (χ2n) is 3.38. The maximum Gasteiger partial charge on any atom is 0.156 e. The summed E-state index contributed by atoms with van der Waals surface area (Å²) in [5.74, 6) is 1.04. The molecule has 0 aliphatic carbocycles. The lowest BCUT2D eigenvalue weighted by molar-refractivity contribution is 0.463. The predicted molar refractivity (Wildman–Crippen MR) is 64.7 cm³/mol. The van der Waals surface area contributed by atoms with Gasteiger partial charge in [0.2, 0.25) is 0 Å². The molecule has 3 nitrogen and oxygen atoms in total. The van der Waals surface area contributed by atoms with E-state index >= 15 is 0 Å². The van der Waals surface area contributed by atoms with Crippen LogP contribution in [-0.2, 0) is 6.42 Å². The van der Waals surface area contributed by atoms with Crippen molar-refractivity contribution in [2.75, 3.05) is 18.8 Å². The average molecular weight is 242 g/mol. The van der Waals surface area contributed by atoms with Crippen molar-refractivity contribution in [3.63, 3.8) is 0 Å². The zero-order valence-corrected chi connectivity index (χ0v) is 9.81. The minimum absolute atomic E-state index is 0.531. The maximum absolute atomic E-state index is 7.66. The molecule has 1 N–H and O–H groups in total. The summed E-state index contributed by atoms with van der Waals surface area (Å²) in [5, 5.41) is 8.88. The van der Waals surface area contributed by atoms with E-state index in [0.29, 0.717) is 10.3 Å². The Morgan fingerprint density at radius 3 is 3.00 bits per heavy atom. The van der Waals surface area contributed by atoms with Gasteiger partial charge in [0.15, 0.2) is 5.17 Å². The van der Waals surface area contributed by atoms with E-state index in [1.165, 1.54) is 5.56 Å². The van der Waals surface area contributed by atoms with Crippen molar-refractivity contribution in [2.45, 2.75) is 6.42 Å². The van der Waals surface area contributed by atoms with Crippen LogP contribution < -0.4 is 0 Å². The molecule has 0 bridgehead atoms. The highest BCUT2D eigenvalue weighted by Crippen LogP contribution is 2.16. The minimum Gasteiger partial charge on any atom is -0.350 e. The molecule has 0 spiro atoms. The molecule has 0 amide bonds. The number of hydrogen-bond donors (Lipinski definition) is 1. The van der Waals surface area contributed by atoms with Crippen LogP contribution in [0.2, 0.25) is 5.15 Å². The van der Waals surface area contributed by atoms with Gasteiger partial charge in [-0.05, 0) is 18.1 Å². The highest BCUT2D eigenvalue weighted by molar-refractivity contribution is 8.14. The van der Waals surface area contributed by atoms with Crippen molar-refractivity contribution in [3.8, 4) is 0 Å². The standard InChI is InChI=1S/C10H12ClN3S/c11-9-2-1-8(7-13-9)3-4-14-5-6-15-10(14)12/h1-2,7,12H,3-6H2. The Hall–Kier alpha value is -0.740. The molecule has 1 aliphatic rings. The SMILES string of the molecule is N=C1SCCN1CCc1ccc(Cl)nc1. The lowest BCUT2D eigenvalue weighted by atomic mass is 10.2. The summed E-state index contributed by atoms with van der Waals surface area (Å²) in [7, 11) is 0. The van der Waals surface area contributed by atoms with Crippen LogP contribution in [0.25, 0.3) is 0 Å². The summed E-state index contributed by atoms with van der Waals surface area (Å²) >= 11 is 7.32. The Bertz CT molecular complexity index is 352. The molecular formula is C10H12ClN3S.